The normalized spacial score (nSPS) is 12.5. The van der Waals surface area contributed by atoms with Crippen molar-refractivity contribution in [1.29, 1.82) is 0 Å². The van der Waals surface area contributed by atoms with Crippen LogP contribution in [0.25, 0.3) is 11.0 Å². The molecule has 1 atom stereocenters. The second-order valence-corrected chi connectivity index (χ2v) is 9.65. The van der Waals surface area contributed by atoms with Gasteiger partial charge in [-0.1, -0.05) is 23.7 Å². The predicted molar refractivity (Wildman–Crippen MR) is 130 cm³/mol. The number of sulfonamides is 1. The quantitative estimate of drug-likeness (QED) is 0.387. The van der Waals surface area contributed by atoms with Gasteiger partial charge in [-0.3, -0.25) is 9.52 Å². The van der Waals surface area contributed by atoms with Crippen molar-refractivity contribution < 1.29 is 13.2 Å². The van der Waals surface area contributed by atoms with Crippen LogP contribution in [-0.2, 0) is 16.6 Å². The van der Waals surface area contributed by atoms with Gasteiger partial charge in [-0.2, -0.15) is 0 Å². The lowest BCUT2D eigenvalue weighted by Crippen LogP contribution is -2.28. The number of halogens is 1. The molecule has 33 heavy (non-hydrogen) atoms. The van der Waals surface area contributed by atoms with Crippen molar-refractivity contribution in [1.82, 2.24) is 14.9 Å². The maximum atomic E-state index is 12.8. The number of para-hydroxylation sites is 2. The smallest absolute Gasteiger partial charge is 0.261 e. The van der Waals surface area contributed by atoms with Crippen molar-refractivity contribution in [3.63, 3.8) is 0 Å². The molecule has 1 amide bonds. The number of hydrogen-bond donors (Lipinski definition) is 2. The summed E-state index contributed by atoms with van der Waals surface area (Å²) in [5.74, 6) is 0.449. The molecule has 0 aliphatic heterocycles. The third kappa shape index (κ3) is 4.86. The lowest BCUT2D eigenvalue weighted by atomic mass is 10.2. The number of amides is 1. The topological polar surface area (TPSA) is 93.1 Å². The number of aryl methyl sites for hydroxylation is 1. The molecule has 7 nitrogen and oxygen atoms in total. The van der Waals surface area contributed by atoms with Gasteiger partial charge in [0.05, 0.1) is 22.0 Å². The van der Waals surface area contributed by atoms with E-state index in [0.717, 1.165) is 23.4 Å². The van der Waals surface area contributed by atoms with Crippen LogP contribution in [-0.4, -0.2) is 23.9 Å². The number of nitrogens with zero attached hydrogens (tertiary/aromatic N) is 2. The first-order valence-corrected chi connectivity index (χ1v) is 12.3. The molecule has 0 radical (unpaired) electrons. The number of hydrogen-bond acceptors (Lipinski definition) is 4. The average Bonchev–Trinajstić information content (AvgIpc) is 3.19. The summed E-state index contributed by atoms with van der Waals surface area (Å²) >= 11 is 5.84. The summed E-state index contributed by atoms with van der Waals surface area (Å²) in [5, 5.41) is 3.46. The van der Waals surface area contributed by atoms with Crippen LogP contribution in [0.5, 0.6) is 0 Å². The zero-order chi connectivity index (χ0) is 23.6. The summed E-state index contributed by atoms with van der Waals surface area (Å²) < 4.78 is 29.8. The van der Waals surface area contributed by atoms with E-state index >= 15 is 0 Å². The van der Waals surface area contributed by atoms with Gasteiger partial charge in [0.15, 0.2) is 0 Å². The second-order valence-electron chi connectivity index (χ2n) is 7.53. The Morgan fingerprint density at radius 3 is 2.36 bits per heavy atom. The fraction of sp³-hybridized carbons (Fsp3) is 0.167. The second kappa shape index (κ2) is 9.25. The molecule has 1 heterocycles. The minimum atomic E-state index is -3.80. The van der Waals surface area contributed by atoms with Gasteiger partial charge in [0, 0.05) is 22.8 Å². The molecule has 2 N–H and O–H groups in total. The van der Waals surface area contributed by atoms with Gasteiger partial charge in [0.25, 0.3) is 15.9 Å². The maximum Gasteiger partial charge on any atom is 0.261 e. The maximum absolute atomic E-state index is 12.8. The van der Waals surface area contributed by atoms with Crippen LogP contribution in [0.4, 0.5) is 5.69 Å². The van der Waals surface area contributed by atoms with Gasteiger partial charge < -0.3 is 9.88 Å². The highest BCUT2D eigenvalue weighted by Gasteiger charge is 2.19. The standard InChI is InChI=1S/C24H23ClN4O3S/c1-3-29-22-7-5-4-6-21(22)27-23(29)16(2)26-24(30)17-8-14-20(15-9-17)33(31,32)28-19-12-10-18(25)11-13-19/h4-16,28H,3H2,1-2H3,(H,26,30). The number of carbonyl (C=O) groups excluding carboxylic acids is 1. The highest BCUT2D eigenvalue weighted by atomic mass is 35.5. The van der Waals surface area contributed by atoms with Crippen molar-refractivity contribution in [2.45, 2.75) is 31.3 Å². The van der Waals surface area contributed by atoms with Crippen LogP contribution in [0.1, 0.15) is 36.1 Å². The Morgan fingerprint density at radius 2 is 1.70 bits per heavy atom. The van der Waals surface area contributed by atoms with E-state index in [4.69, 9.17) is 11.6 Å². The first-order chi connectivity index (χ1) is 15.8. The van der Waals surface area contributed by atoms with Crippen molar-refractivity contribution in [2.24, 2.45) is 0 Å². The molecule has 0 bridgehead atoms. The molecule has 1 unspecified atom stereocenters. The van der Waals surface area contributed by atoms with Crippen LogP contribution >= 0.6 is 11.6 Å². The number of fused-ring (bicyclic) bond motifs is 1. The average molecular weight is 483 g/mol. The Hall–Kier alpha value is -3.36. The lowest BCUT2D eigenvalue weighted by Gasteiger charge is -2.15. The van der Waals surface area contributed by atoms with Crippen LogP contribution in [0.3, 0.4) is 0 Å². The Balaban J connectivity index is 1.49. The van der Waals surface area contributed by atoms with Gasteiger partial charge >= 0.3 is 0 Å². The third-order valence-electron chi connectivity index (χ3n) is 5.26. The molecule has 4 aromatic rings. The van der Waals surface area contributed by atoms with E-state index in [9.17, 15) is 13.2 Å². The summed E-state index contributed by atoms with van der Waals surface area (Å²) in [5.41, 5.74) is 2.64. The van der Waals surface area contributed by atoms with E-state index in [1.165, 1.54) is 24.3 Å². The summed E-state index contributed by atoms with van der Waals surface area (Å²) in [7, 11) is -3.80. The number of anilines is 1. The first-order valence-electron chi connectivity index (χ1n) is 10.4. The van der Waals surface area contributed by atoms with Gasteiger partial charge in [-0.25, -0.2) is 13.4 Å². The van der Waals surface area contributed by atoms with Crippen LogP contribution < -0.4 is 10.0 Å². The van der Waals surface area contributed by atoms with Crippen molar-refractivity contribution >= 4 is 44.3 Å². The SMILES string of the molecule is CCn1c(C(C)NC(=O)c2ccc(S(=O)(=O)Nc3ccc(Cl)cc3)cc2)nc2ccccc21. The fourth-order valence-corrected chi connectivity index (χ4v) is 4.80. The van der Waals surface area contributed by atoms with Crippen LogP contribution in [0, 0.1) is 0 Å². The molecule has 0 aliphatic carbocycles. The van der Waals surface area contributed by atoms with Crippen molar-refractivity contribution in [2.75, 3.05) is 4.72 Å². The molecule has 0 saturated heterocycles. The Kier molecular flexibility index (Phi) is 6.40. The Labute approximate surface area is 197 Å². The molecule has 0 aliphatic rings. The highest BCUT2D eigenvalue weighted by Crippen LogP contribution is 2.22. The molecule has 1 aromatic heterocycles. The molecular formula is C24H23ClN4O3S. The monoisotopic (exact) mass is 482 g/mol. The van der Waals surface area contributed by atoms with Gasteiger partial charge in [-0.15, -0.1) is 0 Å². The van der Waals surface area contributed by atoms with Gasteiger partial charge in [0.1, 0.15) is 5.82 Å². The zero-order valence-corrected chi connectivity index (χ0v) is 19.7. The number of benzene rings is 3. The minimum absolute atomic E-state index is 0.0508. The third-order valence-corrected chi connectivity index (χ3v) is 6.91. The highest BCUT2D eigenvalue weighted by molar-refractivity contribution is 7.92. The van der Waals surface area contributed by atoms with Crippen molar-refractivity contribution in [3.05, 3.63) is 89.2 Å². The predicted octanol–water partition coefficient (Wildman–Crippen LogP) is 5.00. The Morgan fingerprint density at radius 1 is 1.03 bits per heavy atom. The number of imidazole rings is 1. The van der Waals surface area contributed by atoms with E-state index < -0.39 is 10.0 Å². The number of nitrogens with one attached hydrogen (secondary N) is 2. The lowest BCUT2D eigenvalue weighted by molar-refractivity contribution is 0.0937. The minimum Gasteiger partial charge on any atom is -0.342 e. The van der Waals surface area contributed by atoms with Crippen molar-refractivity contribution in [3.8, 4) is 0 Å². The summed E-state index contributed by atoms with van der Waals surface area (Å²) in [6, 6.07) is 19.6. The molecule has 0 saturated carbocycles. The van der Waals surface area contributed by atoms with E-state index in [1.807, 2.05) is 38.1 Å². The summed E-state index contributed by atoms with van der Waals surface area (Å²) in [4.78, 5) is 17.5. The number of rotatable bonds is 7. The zero-order valence-electron chi connectivity index (χ0n) is 18.1. The first kappa shape index (κ1) is 22.8. The fourth-order valence-electron chi connectivity index (χ4n) is 3.62. The molecule has 0 spiro atoms. The van der Waals surface area contributed by atoms with E-state index in [1.54, 1.807) is 24.3 Å². The largest absolute Gasteiger partial charge is 0.342 e. The number of aromatic nitrogens is 2. The molecule has 4 rings (SSSR count). The van der Waals surface area contributed by atoms with Gasteiger partial charge in [0.2, 0.25) is 0 Å². The van der Waals surface area contributed by atoms with E-state index in [0.29, 0.717) is 16.3 Å². The molecule has 9 heteroatoms. The summed E-state index contributed by atoms with van der Waals surface area (Å²) in [6.07, 6.45) is 0. The molecular weight excluding hydrogens is 460 g/mol. The molecule has 0 fully saturated rings. The Bertz CT molecular complexity index is 1400. The molecule has 170 valence electrons. The van der Waals surface area contributed by atoms with Crippen LogP contribution in [0.15, 0.2) is 77.7 Å². The molecule has 3 aromatic carbocycles. The van der Waals surface area contributed by atoms with E-state index in [-0.39, 0.29) is 16.8 Å². The summed E-state index contributed by atoms with van der Waals surface area (Å²) in [6.45, 7) is 4.63. The van der Waals surface area contributed by atoms with Gasteiger partial charge in [-0.05, 0) is 74.5 Å². The van der Waals surface area contributed by atoms with E-state index in [2.05, 4.69) is 19.6 Å². The van der Waals surface area contributed by atoms with Crippen LogP contribution in [0.2, 0.25) is 5.02 Å². The number of carbonyl (C=O) groups is 1.